The van der Waals surface area contributed by atoms with E-state index in [1.807, 2.05) is 0 Å². The van der Waals surface area contributed by atoms with E-state index in [0.29, 0.717) is 16.5 Å². The molecule has 3 rings (SSSR count). The van der Waals surface area contributed by atoms with E-state index < -0.39 is 17.8 Å². The molecule has 0 spiro atoms. The lowest BCUT2D eigenvalue weighted by molar-refractivity contribution is -0.314. The second-order valence-electron chi connectivity index (χ2n) is 6.04. The van der Waals surface area contributed by atoms with E-state index in [2.05, 4.69) is 5.32 Å². The van der Waals surface area contributed by atoms with Crippen molar-refractivity contribution in [3.8, 4) is 5.75 Å². The Morgan fingerprint density at radius 3 is 2.59 bits per heavy atom. The maximum Gasteiger partial charge on any atom is 0.228 e. The van der Waals surface area contributed by atoms with Gasteiger partial charge in [0.15, 0.2) is 0 Å². The Morgan fingerprint density at radius 2 is 1.95 bits per heavy atom. The minimum atomic E-state index is -1.12. The Bertz CT molecular complexity index is 618. The Labute approximate surface area is 133 Å². The van der Waals surface area contributed by atoms with Crippen molar-refractivity contribution in [1.82, 2.24) is 0 Å². The van der Waals surface area contributed by atoms with Gasteiger partial charge in [-0.05, 0) is 49.3 Å². The highest BCUT2D eigenvalue weighted by molar-refractivity contribution is 6.31. The zero-order chi connectivity index (χ0) is 15.9. The Balaban J connectivity index is 1.82. The number of anilines is 1. The molecular weight excluding hydrogens is 306 g/mol. The first kappa shape index (κ1) is 15.2. The molecule has 1 amide bonds. The zero-order valence-corrected chi connectivity index (χ0v) is 12.9. The SMILES string of the molecule is COc1ccc(Cl)cc1NC(=O)C1C2CCC(C2)C1C(=O)[O-]. The normalized spacial score (nSPS) is 29.4. The number of benzene rings is 1. The summed E-state index contributed by atoms with van der Waals surface area (Å²) in [4.78, 5) is 24.0. The van der Waals surface area contributed by atoms with Crippen molar-refractivity contribution in [2.45, 2.75) is 19.3 Å². The van der Waals surface area contributed by atoms with Gasteiger partial charge in [-0.25, -0.2) is 0 Å². The van der Waals surface area contributed by atoms with Gasteiger partial charge in [0.05, 0.1) is 12.8 Å². The third-order valence-electron chi connectivity index (χ3n) is 4.91. The van der Waals surface area contributed by atoms with Crippen molar-refractivity contribution in [3.63, 3.8) is 0 Å². The summed E-state index contributed by atoms with van der Waals surface area (Å²) in [6.45, 7) is 0. The van der Waals surface area contributed by atoms with E-state index >= 15 is 0 Å². The lowest BCUT2D eigenvalue weighted by Crippen LogP contribution is -2.44. The molecule has 2 fully saturated rings. The van der Waals surface area contributed by atoms with Gasteiger partial charge < -0.3 is 20.0 Å². The second kappa shape index (κ2) is 5.80. The van der Waals surface area contributed by atoms with E-state index in [-0.39, 0.29) is 17.7 Å². The molecule has 22 heavy (non-hydrogen) atoms. The maximum absolute atomic E-state index is 12.6. The average Bonchev–Trinajstić information content (AvgIpc) is 3.08. The van der Waals surface area contributed by atoms with Crippen molar-refractivity contribution < 1.29 is 19.4 Å². The van der Waals surface area contributed by atoms with E-state index in [1.54, 1.807) is 18.2 Å². The summed E-state index contributed by atoms with van der Waals surface area (Å²) >= 11 is 5.95. The predicted octanol–water partition coefficient (Wildman–Crippen LogP) is 1.70. The molecule has 4 atom stereocenters. The summed E-state index contributed by atoms with van der Waals surface area (Å²) in [5.74, 6) is -1.96. The largest absolute Gasteiger partial charge is 0.550 e. The van der Waals surface area contributed by atoms with Crippen molar-refractivity contribution in [2.75, 3.05) is 12.4 Å². The molecule has 2 bridgehead atoms. The number of carbonyl (C=O) groups excluding carboxylic acids is 2. The molecule has 1 aromatic rings. The third-order valence-corrected chi connectivity index (χ3v) is 5.15. The molecule has 0 heterocycles. The second-order valence-corrected chi connectivity index (χ2v) is 6.47. The number of carboxylic acid groups (broad SMARTS) is 1. The number of hydrogen-bond donors (Lipinski definition) is 1. The first-order chi connectivity index (χ1) is 10.5. The molecule has 0 radical (unpaired) electrons. The number of halogens is 1. The van der Waals surface area contributed by atoms with E-state index in [9.17, 15) is 14.7 Å². The van der Waals surface area contributed by atoms with Gasteiger partial charge in [0, 0.05) is 22.8 Å². The molecule has 2 aliphatic carbocycles. The van der Waals surface area contributed by atoms with Gasteiger partial charge in [0.1, 0.15) is 5.75 Å². The molecule has 118 valence electrons. The number of ether oxygens (including phenoxy) is 1. The molecule has 2 saturated carbocycles. The molecule has 0 aliphatic heterocycles. The van der Waals surface area contributed by atoms with Crippen LogP contribution in [0.3, 0.4) is 0 Å². The van der Waals surface area contributed by atoms with Crippen molar-refractivity contribution in [2.24, 2.45) is 23.7 Å². The quantitative estimate of drug-likeness (QED) is 0.915. The van der Waals surface area contributed by atoms with E-state index in [0.717, 1.165) is 19.3 Å². The van der Waals surface area contributed by atoms with Crippen LogP contribution in [0.4, 0.5) is 5.69 Å². The minimum absolute atomic E-state index is 0.0620. The van der Waals surface area contributed by atoms with Crippen LogP contribution in [0.15, 0.2) is 18.2 Å². The van der Waals surface area contributed by atoms with Crippen LogP contribution < -0.4 is 15.2 Å². The topological polar surface area (TPSA) is 78.5 Å². The van der Waals surface area contributed by atoms with Crippen molar-refractivity contribution in [3.05, 3.63) is 23.2 Å². The van der Waals surface area contributed by atoms with Crippen LogP contribution in [0.25, 0.3) is 0 Å². The van der Waals surface area contributed by atoms with Crippen LogP contribution in [0.2, 0.25) is 5.02 Å². The van der Waals surface area contributed by atoms with Gasteiger partial charge in [-0.3, -0.25) is 4.79 Å². The van der Waals surface area contributed by atoms with Crippen molar-refractivity contribution >= 4 is 29.2 Å². The maximum atomic E-state index is 12.6. The fraction of sp³-hybridized carbons (Fsp3) is 0.500. The molecule has 4 unspecified atom stereocenters. The lowest BCUT2D eigenvalue weighted by Gasteiger charge is -2.30. The van der Waals surface area contributed by atoms with E-state index in [1.165, 1.54) is 7.11 Å². The Kier molecular flexibility index (Phi) is 4.00. The molecule has 0 aromatic heterocycles. The Morgan fingerprint density at radius 1 is 1.27 bits per heavy atom. The molecule has 1 aromatic carbocycles. The molecular formula is C16H17ClNO4-. The number of rotatable bonds is 4. The summed E-state index contributed by atoms with van der Waals surface area (Å²) in [6.07, 6.45) is 2.57. The minimum Gasteiger partial charge on any atom is -0.550 e. The van der Waals surface area contributed by atoms with Crippen LogP contribution in [-0.2, 0) is 9.59 Å². The fourth-order valence-corrected chi connectivity index (χ4v) is 4.17. The number of fused-ring (bicyclic) bond motifs is 2. The predicted molar refractivity (Wildman–Crippen MR) is 79.5 cm³/mol. The average molecular weight is 323 g/mol. The van der Waals surface area contributed by atoms with Crippen LogP contribution >= 0.6 is 11.6 Å². The van der Waals surface area contributed by atoms with Gasteiger partial charge in [-0.1, -0.05) is 11.6 Å². The van der Waals surface area contributed by atoms with E-state index in [4.69, 9.17) is 16.3 Å². The number of aliphatic carboxylic acids is 1. The van der Waals surface area contributed by atoms with Gasteiger partial charge in [0.2, 0.25) is 5.91 Å². The molecule has 6 heteroatoms. The Hall–Kier alpha value is -1.75. The molecule has 5 nitrogen and oxygen atoms in total. The number of carboxylic acids is 1. The highest BCUT2D eigenvalue weighted by Crippen LogP contribution is 2.52. The number of nitrogens with one attached hydrogen (secondary N) is 1. The first-order valence-electron chi connectivity index (χ1n) is 7.36. The summed E-state index contributed by atoms with van der Waals surface area (Å²) in [6, 6.07) is 4.92. The summed E-state index contributed by atoms with van der Waals surface area (Å²) in [7, 11) is 1.50. The van der Waals surface area contributed by atoms with Gasteiger partial charge in [0.25, 0.3) is 0 Å². The molecule has 2 aliphatic rings. The summed E-state index contributed by atoms with van der Waals surface area (Å²) in [5.41, 5.74) is 0.458. The third kappa shape index (κ3) is 2.54. The number of hydrogen-bond acceptors (Lipinski definition) is 4. The first-order valence-corrected chi connectivity index (χ1v) is 7.74. The van der Waals surface area contributed by atoms with Gasteiger partial charge in [-0.2, -0.15) is 0 Å². The fourth-order valence-electron chi connectivity index (χ4n) is 4.00. The highest BCUT2D eigenvalue weighted by Gasteiger charge is 2.51. The van der Waals surface area contributed by atoms with Crippen molar-refractivity contribution in [1.29, 1.82) is 0 Å². The zero-order valence-electron chi connectivity index (χ0n) is 12.2. The number of amides is 1. The standard InChI is InChI=1S/C16H18ClNO4/c1-22-12-5-4-10(17)7-11(12)18-15(19)13-8-2-3-9(6-8)14(13)16(20)21/h4-5,7-9,13-14H,2-3,6H2,1H3,(H,18,19)(H,20,21)/p-1. The van der Waals surface area contributed by atoms with Crippen LogP contribution in [0, 0.1) is 23.7 Å². The molecule has 1 N–H and O–H groups in total. The lowest BCUT2D eigenvalue weighted by atomic mass is 9.78. The number of carbonyl (C=O) groups is 2. The van der Waals surface area contributed by atoms with Gasteiger partial charge in [-0.15, -0.1) is 0 Å². The highest BCUT2D eigenvalue weighted by atomic mass is 35.5. The molecule has 0 saturated heterocycles. The number of methoxy groups -OCH3 is 1. The smallest absolute Gasteiger partial charge is 0.228 e. The monoisotopic (exact) mass is 322 g/mol. The van der Waals surface area contributed by atoms with Gasteiger partial charge >= 0.3 is 0 Å². The van der Waals surface area contributed by atoms with Crippen LogP contribution in [-0.4, -0.2) is 19.0 Å². The summed E-state index contributed by atoms with van der Waals surface area (Å²) < 4.78 is 5.20. The van der Waals surface area contributed by atoms with Crippen LogP contribution in [0.1, 0.15) is 19.3 Å². The van der Waals surface area contributed by atoms with Crippen LogP contribution in [0.5, 0.6) is 5.75 Å². The summed E-state index contributed by atoms with van der Waals surface area (Å²) in [5, 5.41) is 14.6.